The second-order valence-electron chi connectivity index (χ2n) is 5.90. The standard InChI is InChI=1S/C15H22F2N2O/c1-10(11-5-6-12(16)13(17)9-11)18-8-7-14(20)19-15(2,3)4/h5-6,9-10,18H,7-8H2,1-4H3,(H,19,20). The Hall–Kier alpha value is -1.49. The molecule has 1 unspecified atom stereocenters. The minimum atomic E-state index is -0.860. The zero-order valence-electron chi connectivity index (χ0n) is 12.4. The fourth-order valence-corrected chi connectivity index (χ4v) is 1.78. The van der Waals surface area contributed by atoms with Crippen molar-refractivity contribution < 1.29 is 13.6 Å². The van der Waals surface area contributed by atoms with E-state index in [0.717, 1.165) is 6.07 Å². The van der Waals surface area contributed by atoms with Crippen LogP contribution in [0, 0.1) is 11.6 Å². The summed E-state index contributed by atoms with van der Waals surface area (Å²) in [7, 11) is 0. The van der Waals surface area contributed by atoms with E-state index in [4.69, 9.17) is 0 Å². The predicted octanol–water partition coefficient (Wildman–Crippen LogP) is 2.92. The largest absolute Gasteiger partial charge is 0.351 e. The van der Waals surface area contributed by atoms with Gasteiger partial charge in [0.15, 0.2) is 11.6 Å². The molecule has 1 amide bonds. The Morgan fingerprint density at radius 1 is 1.25 bits per heavy atom. The molecule has 0 fully saturated rings. The van der Waals surface area contributed by atoms with Gasteiger partial charge >= 0.3 is 0 Å². The van der Waals surface area contributed by atoms with Gasteiger partial charge in [-0.05, 0) is 45.4 Å². The van der Waals surface area contributed by atoms with Crippen molar-refractivity contribution in [1.82, 2.24) is 10.6 Å². The summed E-state index contributed by atoms with van der Waals surface area (Å²) < 4.78 is 25.9. The molecule has 0 aliphatic carbocycles. The first-order valence-electron chi connectivity index (χ1n) is 6.68. The molecule has 0 saturated heterocycles. The van der Waals surface area contributed by atoms with E-state index in [2.05, 4.69) is 10.6 Å². The molecule has 1 aromatic carbocycles. The lowest BCUT2D eigenvalue weighted by molar-refractivity contribution is -0.122. The first kappa shape index (κ1) is 16.6. The van der Waals surface area contributed by atoms with Crippen molar-refractivity contribution >= 4 is 5.91 Å². The molecule has 3 nitrogen and oxygen atoms in total. The molecule has 112 valence electrons. The van der Waals surface area contributed by atoms with Gasteiger partial charge in [-0.2, -0.15) is 0 Å². The highest BCUT2D eigenvalue weighted by Gasteiger charge is 2.14. The Morgan fingerprint density at radius 2 is 1.90 bits per heavy atom. The Labute approximate surface area is 118 Å². The third kappa shape index (κ3) is 5.65. The lowest BCUT2D eigenvalue weighted by Gasteiger charge is -2.21. The van der Waals surface area contributed by atoms with Gasteiger partial charge in [-0.15, -0.1) is 0 Å². The van der Waals surface area contributed by atoms with E-state index in [0.29, 0.717) is 18.5 Å². The number of benzene rings is 1. The van der Waals surface area contributed by atoms with E-state index in [1.807, 2.05) is 27.7 Å². The highest BCUT2D eigenvalue weighted by Crippen LogP contribution is 2.15. The second kappa shape index (κ2) is 6.79. The highest BCUT2D eigenvalue weighted by molar-refractivity contribution is 5.76. The van der Waals surface area contributed by atoms with Gasteiger partial charge in [0, 0.05) is 24.5 Å². The summed E-state index contributed by atoms with van der Waals surface area (Å²) in [6.45, 7) is 8.07. The van der Waals surface area contributed by atoms with Gasteiger partial charge in [0.1, 0.15) is 0 Å². The van der Waals surface area contributed by atoms with Crippen LogP contribution in [0.15, 0.2) is 18.2 Å². The molecule has 20 heavy (non-hydrogen) atoms. The summed E-state index contributed by atoms with van der Waals surface area (Å²) in [4.78, 5) is 11.6. The molecule has 0 spiro atoms. The first-order chi connectivity index (χ1) is 9.19. The summed E-state index contributed by atoms with van der Waals surface area (Å²) in [5, 5.41) is 5.97. The van der Waals surface area contributed by atoms with Crippen molar-refractivity contribution in [3.8, 4) is 0 Å². The number of carbonyl (C=O) groups excluding carboxylic acids is 1. The van der Waals surface area contributed by atoms with Crippen molar-refractivity contribution in [2.24, 2.45) is 0 Å². The zero-order chi connectivity index (χ0) is 15.3. The second-order valence-corrected chi connectivity index (χ2v) is 5.90. The van der Waals surface area contributed by atoms with Crippen molar-refractivity contribution in [2.45, 2.75) is 45.7 Å². The van der Waals surface area contributed by atoms with Gasteiger partial charge in [-0.1, -0.05) is 6.07 Å². The third-order valence-electron chi connectivity index (χ3n) is 2.76. The lowest BCUT2D eigenvalue weighted by Crippen LogP contribution is -2.41. The van der Waals surface area contributed by atoms with Crippen LogP contribution in [0.4, 0.5) is 8.78 Å². The van der Waals surface area contributed by atoms with E-state index in [1.165, 1.54) is 12.1 Å². The molecule has 1 rings (SSSR count). The topological polar surface area (TPSA) is 41.1 Å². The van der Waals surface area contributed by atoms with Crippen LogP contribution in [-0.4, -0.2) is 18.0 Å². The predicted molar refractivity (Wildman–Crippen MR) is 75.3 cm³/mol. The minimum absolute atomic E-state index is 0.0394. The fourth-order valence-electron chi connectivity index (χ4n) is 1.78. The van der Waals surface area contributed by atoms with Crippen LogP contribution in [0.5, 0.6) is 0 Å². The van der Waals surface area contributed by atoms with Crippen molar-refractivity contribution in [3.05, 3.63) is 35.4 Å². The van der Waals surface area contributed by atoms with Gasteiger partial charge in [-0.3, -0.25) is 4.79 Å². The minimum Gasteiger partial charge on any atom is -0.351 e. The summed E-state index contributed by atoms with van der Waals surface area (Å²) in [5.74, 6) is -1.75. The molecular weight excluding hydrogens is 262 g/mol. The molecule has 1 aromatic rings. The van der Waals surface area contributed by atoms with Gasteiger partial charge < -0.3 is 10.6 Å². The summed E-state index contributed by atoms with van der Waals surface area (Å²) in [6, 6.07) is 3.66. The Balaban J connectivity index is 2.42. The average Bonchev–Trinajstić information content (AvgIpc) is 2.30. The number of amides is 1. The summed E-state index contributed by atoms with van der Waals surface area (Å²) in [5.41, 5.74) is 0.406. The maximum atomic E-state index is 13.1. The van der Waals surface area contributed by atoms with Crippen LogP contribution >= 0.6 is 0 Å². The van der Waals surface area contributed by atoms with Crippen molar-refractivity contribution in [3.63, 3.8) is 0 Å². The number of halogens is 2. The van der Waals surface area contributed by atoms with E-state index >= 15 is 0 Å². The average molecular weight is 284 g/mol. The number of carbonyl (C=O) groups is 1. The molecule has 0 saturated carbocycles. The molecule has 0 aliphatic rings. The zero-order valence-corrected chi connectivity index (χ0v) is 12.4. The van der Waals surface area contributed by atoms with E-state index in [9.17, 15) is 13.6 Å². The maximum Gasteiger partial charge on any atom is 0.221 e. The van der Waals surface area contributed by atoms with E-state index in [-0.39, 0.29) is 17.5 Å². The number of rotatable bonds is 5. The molecule has 2 N–H and O–H groups in total. The van der Waals surface area contributed by atoms with Crippen LogP contribution < -0.4 is 10.6 Å². The number of nitrogens with one attached hydrogen (secondary N) is 2. The molecule has 0 heterocycles. The molecule has 0 aromatic heterocycles. The SMILES string of the molecule is CC(NCCC(=O)NC(C)(C)C)c1ccc(F)c(F)c1. The maximum absolute atomic E-state index is 13.1. The van der Waals surface area contributed by atoms with Crippen LogP contribution in [0.2, 0.25) is 0 Å². The Morgan fingerprint density at radius 3 is 2.45 bits per heavy atom. The first-order valence-corrected chi connectivity index (χ1v) is 6.68. The smallest absolute Gasteiger partial charge is 0.221 e. The third-order valence-corrected chi connectivity index (χ3v) is 2.76. The van der Waals surface area contributed by atoms with E-state index < -0.39 is 11.6 Å². The Kier molecular flexibility index (Phi) is 5.62. The quantitative estimate of drug-likeness (QED) is 0.873. The van der Waals surface area contributed by atoms with Crippen LogP contribution in [0.3, 0.4) is 0 Å². The van der Waals surface area contributed by atoms with Crippen molar-refractivity contribution in [2.75, 3.05) is 6.54 Å². The van der Waals surface area contributed by atoms with Gasteiger partial charge in [-0.25, -0.2) is 8.78 Å². The highest BCUT2D eigenvalue weighted by atomic mass is 19.2. The van der Waals surface area contributed by atoms with Gasteiger partial charge in [0.2, 0.25) is 5.91 Å². The number of hydrogen-bond acceptors (Lipinski definition) is 2. The lowest BCUT2D eigenvalue weighted by atomic mass is 10.1. The molecular formula is C15H22F2N2O. The van der Waals surface area contributed by atoms with E-state index in [1.54, 1.807) is 0 Å². The van der Waals surface area contributed by atoms with Crippen molar-refractivity contribution in [1.29, 1.82) is 0 Å². The summed E-state index contributed by atoms with van der Waals surface area (Å²) >= 11 is 0. The van der Waals surface area contributed by atoms with Crippen LogP contribution in [-0.2, 0) is 4.79 Å². The molecule has 0 aliphatic heterocycles. The molecule has 5 heteroatoms. The Bertz CT molecular complexity index is 469. The van der Waals surface area contributed by atoms with Gasteiger partial charge in [0.05, 0.1) is 0 Å². The normalized spacial score (nSPS) is 13.1. The molecule has 0 bridgehead atoms. The molecule has 0 radical (unpaired) electrons. The van der Waals surface area contributed by atoms with Crippen LogP contribution in [0.25, 0.3) is 0 Å². The van der Waals surface area contributed by atoms with Crippen LogP contribution in [0.1, 0.15) is 45.7 Å². The monoisotopic (exact) mass is 284 g/mol. The van der Waals surface area contributed by atoms with Gasteiger partial charge in [0.25, 0.3) is 0 Å². The number of hydrogen-bond donors (Lipinski definition) is 2. The summed E-state index contributed by atoms with van der Waals surface area (Å²) in [6.07, 6.45) is 0.339. The fraction of sp³-hybridized carbons (Fsp3) is 0.533. The molecule has 1 atom stereocenters.